The molecule has 8 heteroatoms. The number of hydrogen-bond donors (Lipinski definition) is 0. The van der Waals surface area contributed by atoms with Gasteiger partial charge in [0.05, 0.1) is 4.51 Å². The summed E-state index contributed by atoms with van der Waals surface area (Å²) in [4.78, 5) is 0. The highest BCUT2D eigenvalue weighted by atomic mass is 35.5. The van der Waals surface area contributed by atoms with Crippen LogP contribution in [0.1, 0.15) is 11.1 Å². The molecule has 0 N–H and O–H groups in total. The van der Waals surface area contributed by atoms with E-state index < -0.39 is 10.9 Å². The number of aromatic nitrogens is 1. The Morgan fingerprint density at radius 3 is 2.19 bits per heavy atom. The van der Waals surface area contributed by atoms with Crippen LogP contribution in [-0.4, -0.2) is 15.5 Å². The van der Waals surface area contributed by atoms with Crippen molar-refractivity contribution in [2.24, 2.45) is 7.05 Å². The van der Waals surface area contributed by atoms with Crippen molar-refractivity contribution in [2.45, 2.75) is 22.7 Å². The molecule has 0 aliphatic heterocycles. The van der Waals surface area contributed by atoms with Gasteiger partial charge in [0, 0.05) is 52.9 Å². The molecule has 0 fully saturated rings. The van der Waals surface area contributed by atoms with Crippen molar-refractivity contribution in [3.63, 3.8) is 0 Å². The second-order valence-corrected chi connectivity index (χ2v) is 9.53. The van der Waals surface area contributed by atoms with E-state index in [1.807, 2.05) is 66.5 Å². The Kier molecular flexibility index (Phi) is 8.97. The Bertz CT molecular complexity index is 1170. The summed E-state index contributed by atoms with van der Waals surface area (Å²) in [6, 6.07) is 13.5. The molecule has 168 valence electrons. The molecule has 1 heterocycles. The van der Waals surface area contributed by atoms with Crippen molar-refractivity contribution in [3.8, 4) is 28.0 Å². The van der Waals surface area contributed by atoms with E-state index in [1.54, 1.807) is 0 Å². The zero-order valence-corrected chi connectivity index (χ0v) is 21.7. The average molecular weight is 548 g/mol. The third kappa shape index (κ3) is 5.83. The number of pyridine rings is 1. The van der Waals surface area contributed by atoms with Crippen LogP contribution in [0.2, 0.25) is 0 Å². The van der Waals surface area contributed by atoms with Crippen LogP contribution in [0.5, 0.6) is 5.75 Å². The van der Waals surface area contributed by atoms with Crippen molar-refractivity contribution in [3.05, 3.63) is 82.1 Å². The predicted octanol–water partition coefficient (Wildman–Crippen LogP) is 8.87. The van der Waals surface area contributed by atoms with Gasteiger partial charge in [-0.15, -0.1) is 34.8 Å². The predicted molar refractivity (Wildman–Crippen MR) is 141 cm³/mol. The number of rotatable bonds is 8. The SMILES string of the molecule is C=C(Cl)C(Cl)C(Cl)Oc1ccccc1-c1cn(C)cc(-c2cc(CCl)cc(CCl)c2)c1=S. The lowest BCUT2D eigenvalue weighted by Crippen LogP contribution is -2.22. The van der Waals surface area contributed by atoms with Crippen LogP contribution >= 0.6 is 70.2 Å². The van der Waals surface area contributed by atoms with E-state index >= 15 is 0 Å². The standard InChI is InChI=1S/C24H20Cl5NOS/c1-14(27)22(28)24(29)31-21-6-4-3-5-18(21)20-13-30(2)12-19(23(20)32)17-8-15(10-25)7-16(9-17)11-26/h3-9,12-13,22,24H,1,10-11H2,2H3. The largest absolute Gasteiger partial charge is 0.472 e. The third-order valence-corrected chi connectivity index (χ3v) is 7.14. The molecule has 0 amide bonds. The fraction of sp³-hybridized carbons (Fsp3) is 0.208. The number of aryl methyl sites for hydroxylation is 1. The third-order valence-electron chi connectivity index (χ3n) is 4.77. The van der Waals surface area contributed by atoms with Crippen LogP contribution in [-0.2, 0) is 18.8 Å². The number of hydrogen-bond acceptors (Lipinski definition) is 2. The lowest BCUT2D eigenvalue weighted by Gasteiger charge is -2.20. The normalized spacial score (nSPS) is 12.9. The first-order valence-corrected chi connectivity index (χ1v) is 12.3. The minimum absolute atomic E-state index is 0.204. The van der Waals surface area contributed by atoms with Gasteiger partial charge in [-0.25, -0.2) is 0 Å². The molecule has 0 saturated carbocycles. The summed E-state index contributed by atoms with van der Waals surface area (Å²) < 4.78 is 8.55. The van der Waals surface area contributed by atoms with Gasteiger partial charge in [0.2, 0.25) is 0 Å². The molecule has 0 aliphatic rings. The number of nitrogens with zero attached hydrogens (tertiary/aromatic N) is 1. The minimum Gasteiger partial charge on any atom is -0.472 e. The Hall–Kier alpha value is -1.20. The van der Waals surface area contributed by atoms with Crippen molar-refractivity contribution in [2.75, 3.05) is 0 Å². The molecular weight excluding hydrogens is 528 g/mol. The summed E-state index contributed by atoms with van der Waals surface area (Å²) >= 11 is 36.5. The number of benzene rings is 2. The van der Waals surface area contributed by atoms with E-state index in [0.29, 0.717) is 22.0 Å². The second kappa shape index (κ2) is 11.3. The topological polar surface area (TPSA) is 14.2 Å². The molecule has 0 spiro atoms. The van der Waals surface area contributed by atoms with Crippen LogP contribution in [0.15, 0.2) is 66.5 Å². The highest BCUT2D eigenvalue weighted by Crippen LogP contribution is 2.36. The van der Waals surface area contributed by atoms with Crippen LogP contribution in [0.3, 0.4) is 0 Å². The summed E-state index contributed by atoms with van der Waals surface area (Å²) in [6.45, 7) is 3.63. The molecule has 0 radical (unpaired) electrons. The number of para-hydroxylation sites is 1. The fourth-order valence-corrected chi connectivity index (χ4v) is 4.41. The minimum atomic E-state index is -0.903. The van der Waals surface area contributed by atoms with Crippen molar-refractivity contribution < 1.29 is 4.74 Å². The molecule has 2 atom stereocenters. The maximum absolute atomic E-state index is 6.33. The van der Waals surface area contributed by atoms with Gasteiger partial charge in [-0.1, -0.05) is 66.3 Å². The first kappa shape index (κ1) is 25.4. The molecule has 2 unspecified atom stereocenters. The van der Waals surface area contributed by atoms with E-state index in [1.165, 1.54) is 0 Å². The maximum Gasteiger partial charge on any atom is 0.193 e. The zero-order valence-electron chi connectivity index (χ0n) is 17.1. The molecule has 0 aliphatic carbocycles. The number of ether oxygens (including phenoxy) is 1. The summed E-state index contributed by atoms with van der Waals surface area (Å²) in [5, 5.41) is -0.556. The quantitative estimate of drug-likeness (QED) is 0.207. The molecule has 3 rings (SSSR count). The van der Waals surface area contributed by atoms with Gasteiger partial charge >= 0.3 is 0 Å². The average Bonchev–Trinajstić information content (AvgIpc) is 2.79. The van der Waals surface area contributed by atoms with E-state index in [-0.39, 0.29) is 5.03 Å². The summed E-state index contributed by atoms with van der Waals surface area (Å²) in [7, 11) is 1.94. The van der Waals surface area contributed by atoms with Crippen molar-refractivity contribution >= 4 is 70.2 Å². The Morgan fingerprint density at radius 2 is 1.59 bits per heavy atom. The van der Waals surface area contributed by atoms with E-state index in [4.69, 9.17) is 75.0 Å². The summed E-state index contributed by atoms with van der Waals surface area (Å²) in [5.74, 6) is 1.31. The van der Waals surface area contributed by atoms with Crippen LogP contribution in [0, 0.1) is 4.51 Å². The molecule has 0 saturated heterocycles. The highest BCUT2D eigenvalue weighted by molar-refractivity contribution is 7.71. The van der Waals surface area contributed by atoms with Gasteiger partial charge in [-0.2, -0.15) is 0 Å². The molecule has 2 nitrogen and oxygen atoms in total. The van der Waals surface area contributed by atoms with Crippen LogP contribution in [0.4, 0.5) is 0 Å². The first-order valence-electron chi connectivity index (χ1n) is 9.59. The summed E-state index contributed by atoms with van der Waals surface area (Å²) in [6.07, 6.45) is 3.93. The molecule has 3 aromatic rings. The lowest BCUT2D eigenvalue weighted by molar-refractivity contribution is 0.288. The lowest BCUT2D eigenvalue weighted by atomic mass is 9.98. The van der Waals surface area contributed by atoms with Crippen molar-refractivity contribution in [1.82, 2.24) is 4.57 Å². The first-order chi connectivity index (χ1) is 15.2. The molecule has 32 heavy (non-hydrogen) atoms. The maximum atomic E-state index is 6.33. The van der Waals surface area contributed by atoms with Crippen molar-refractivity contribution in [1.29, 1.82) is 0 Å². The van der Waals surface area contributed by atoms with E-state index in [9.17, 15) is 0 Å². The smallest absolute Gasteiger partial charge is 0.193 e. The monoisotopic (exact) mass is 545 g/mol. The van der Waals surface area contributed by atoms with Crippen LogP contribution in [0.25, 0.3) is 22.3 Å². The van der Waals surface area contributed by atoms with Gasteiger partial charge in [0.25, 0.3) is 0 Å². The van der Waals surface area contributed by atoms with E-state index in [0.717, 1.165) is 33.4 Å². The van der Waals surface area contributed by atoms with Crippen LogP contribution < -0.4 is 4.74 Å². The molecule has 0 bridgehead atoms. The van der Waals surface area contributed by atoms with Gasteiger partial charge in [0.1, 0.15) is 11.1 Å². The highest BCUT2D eigenvalue weighted by Gasteiger charge is 2.22. The number of alkyl halides is 4. The van der Waals surface area contributed by atoms with Gasteiger partial charge in [0.15, 0.2) is 5.56 Å². The molecule has 1 aromatic heterocycles. The second-order valence-electron chi connectivity index (χ2n) is 7.20. The zero-order chi connectivity index (χ0) is 23.4. The van der Waals surface area contributed by atoms with Gasteiger partial charge in [-0.05, 0) is 34.9 Å². The number of halogens is 5. The Morgan fingerprint density at radius 1 is 1.00 bits per heavy atom. The molecular formula is C24H20Cl5NOS. The van der Waals surface area contributed by atoms with Gasteiger partial charge in [-0.3, -0.25) is 0 Å². The Balaban J connectivity index is 2.14. The van der Waals surface area contributed by atoms with Gasteiger partial charge < -0.3 is 9.30 Å². The summed E-state index contributed by atoms with van der Waals surface area (Å²) in [5.41, 5.74) is 4.50. The van der Waals surface area contributed by atoms with E-state index in [2.05, 4.69) is 6.58 Å². The Labute approximate surface area is 218 Å². The molecule has 2 aromatic carbocycles. The fourth-order valence-electron chi connectivity index (χ4n) is 3.29.